The van der Waals surface area contributed by atoms with Gasteiger partial charge in [0.05, 0.1) is 5.56 Å². The van der Waals surface area contributed by atoms with E-state index in [0.717, 1.165) is 25.4 Å². The van der Waals surface area contributed by atoms with Crippen LogP contribution in [0, 0.1) is 5.92 Å². The molecule has 104 valence electrons. The maximum Gasteiger partial charge on any atom is 0.252 e. The summed E-state index contributed by atoms with van der Waals surface area (Å²) in [6, 6.07) is 3.57. The van der Waals surface area contributed by atoms with E-state index >= 15 is 0 Å². The quantitative estimate of drug-likeness (QED) is 0.824. The van der Waals surface area contributed by atoms with Crippen LogP contribution in [0.1, 0.15) is 36.5 Å². The third-order valence-electron chi connectivity index (χ3n) is 3.60. The topological polar surface area (TPSA) is 45.2 Å². The summed E-state index contributed by atoms with van der Waals surface area (Å²) >= 11 is 0. The summed E-state index contributed by atoms with van der Waals surface area (Å²) in [5, 5.41) is 2.94. The van der Waals surface area contributed by atoms with Crippen LogP contribution < -0.4 is 5.32 Å². The average Bonchev–Trinajstić information content (AvgIpc) is 2.44. The molecule has 2 heterocycles. The highest BCUT2D eigenvalue weighted by atomic mass is 16.1. The first-order valence-corrected chi connectivity index (χ1v) is 7.16. The van der Waals surface area contributed by atoms with E-state index in [0.29, 0.717) is 5.56 Å². The average molecular weight is 261 g/mol. The van der Waals surface area contributed by atoms with Gasteiger partial charge in [-0.15, -0.1) is 0 Å². The van der Waals surface area contributed by atoms with Gasteiger partial charge in [0, 0.05) is 25.5 Å². The summed E-state index contributed by atoms with van der Waals surface area (Å²) < 4.78 is 0. The minimum atomic E-state index is -0.0277. The molecule has 1 fully saturated rings. The third-order valence-corrected chi connectivity index (χ3v) is 3.60. The fourth-order valence-electron chi connectivity index (χ4n) is 2.59. The predicted octanol–water partition coefficient (Wildman–Crippen LogP) is 1.93. The first kappa shape index (κ1) is 14.0. The first-order valence-electron chi connectivity index (χ1n) is 7.16. The van der Waals surface area contributed by atoms with E-state index in [9.17, 15) is 4.79 Å². The van der Waals surface area contributed by atoms with Crippen LogP contribution in [0.2, 0.25) is 0 Å². The van der Waals surface area contributed by atoms with Crippen LogP contribution in [0.25, 0.3) is 0 Å². The Labute approximate surface area is 115 Å². The summed E-state index contributed by atoms with van der Waals surface area (Å²) in [5.74, 6) is 0.791. The number of nitrogens with zero attached hydrogens (tertiary/aromatic N) is 2. The van der Waals surface area contributed by atoms with Crippen molar-refractivity contribution in [2.75, 3.05) is 26.2 Å². The lowest BCUT2D eigenvalue weighted by Crippen LogP contribution is -2.36. The van der Waals surface area contributed by atoms with Crippen LogP contribution in [0.15, 0.2) is 24.5 Å². The van der Waals surface area contributed by atoms with Gasteiger partial charge in [0.15, 0.2) is 0 Å². The molecule has 0 spiro atoms. The number of rotatable bonds is 5. The molecular formula is C15H23N3O. The lowest BCUT2D eigenvalue weighted by Gasteiger charge is -2.30. The molecule has 2 rings (SSSR count). The second-order valence-corrected chi connectivity index (χ2v) is 5.40. The molecule has 1 aliphatic rings. The number of pyridine rings is 1. The number of piperidine rings is 1. The summed E-state index contributed by atoms with van der Waals surface area (Å²) in [6.07, 6.45) is 6.95. The van der Waals surface area contributed by atoms with Gasteiger partial charge in [-0.05, 0) is 50.4 Å². The van der Waals surface area contributed by atoms with Gasteiger partial charge < -0.3 is 10.2 Å². The van der Waals surface area contributed by atoms with Crippen molar-refractivity contribution in [1.82, 2.24) is 15.2 Å². The van der Waals surface area contributed by atoms with E-state index < -0.39 is 0 Å². The second kappa shape index (κ2) is 7.24. The monoisotopic (exact) mass is 261 g/mol. The van der Waals surface area contributed by atoms with E-state index in [-0.39, 0.29) is 5.91 Å². The Bertz CT molecular complexity index is 394. The van der Waals surface area contributed by atoms with E-state index in [1.807, 2.05) is 0 Å². The molecule has 19 heavy (non-hydrogen) atoms. The van der Waals surface area contributed by atoms with E-state index in [1.54, 1.807) is 24.5 Å². The molecule has 0 aliphatic carbocycles. The molecule has 1 aliphatic heterocycles. The van der Waals surface area contributed by atoms with Crippen LogP contribution >= 0.6 is 0 Å². The molecule has 1 N–H and O–H groups in total. The number of nitrogens with one attached hydrogen (secondary N) is 1. The van der Waals surface area contributed by atoms with Crippen LogP contribution in [0.3, 0.4) is 0 Å². The van der Waals surface area contributed by atoms with Crippen molar-refractivity contribution in [3.8, 4) is 0 Å². The van der Waals surface area contributed by atoms with Gasteiger partial charge in [0.1, 0.15) is 0 Å². The van der Waals surface area contributed by atoms with E-state index in [4.69, 9.17) is 0 Å². The largest absolute Gasteiger partial charge is 0.352 e. The molecule has 4 heteroatoms. The molecular weight excluding hydrogens is 238 g/mol. The molecule has 0 saturated carbocycles. The summed E-state index contributed by atoms with van der Waals surface area (Å²) in [7, 11) is 0. The number of hydrogen-bond donors (Lipinski definition) is 1. The van der Waals surface area contributed by atoms with Crippen molar-refractivity contribution >= 4 is 5.91 Å². The van der Waals surface area contributed by atoms with Gasteiger partial charge in [-0.1, -0.05) is 6.92 Å². The molecule has 1 unspecified atom stereocenters. The summed E-state index contributed by atoms with van der Waals surface area (Å²) in [4.78, 5) is 18.2. The fraction of sp³-hybridized carbons (Fsp3) is 0.600. The lowest BCUT2D eigenvalue weighted by molar-refractivity contribution is 0.0949. The normalized spacial score (nSPS) is 20.2. The molecule has 1 aromatic rings. The maximum atomic E-state index is 11.8. The Morgan fingerprint density at radius 2 is 2.47 bits per heavy atom. The van der Waals surface area contributed by atoms with Crippen LogP contribution in [-0.2, 0) is 0 Å². The Morgan fingerprint density at radius 1 is 1.58 bits per heavy atom. The van der Waals surface area contributed by atoms with E-state index in [2.05, 4.69) is 22.1 Å². The molecule has 1 saturated heterocycles. The smallest absolute Gasteiger partial charge is 0.252 e. The number of amides is 1. The van der Waals surface area contributed by atoms with Crippen molar-refractivity contribution < 1.29 is 4.79 Å². The molecule has 4 nitrogen and oxygen atoms in total. The maximum absolute atomic E-state index is 11.8. The zero-order valence-electron chi connectivity index (χ0n) is 11.6. The molecule has 1 amide bonds. The molecule has 1 atom stereocenters. The SMILES string of the molecule is CC1CCCN(CCCNC(=O)c2cccnc2)C1. The van der Waals surface area contributed by atoms with Crippen molar-refractivity contribution in [3.05, 3.63) is 30.1 Å². The summed E-state index contributed by atoms with van der Waals surface area (Å²) in [5.41, 5.74) is 0.633. The number of aromatic nitrogens is 1. The Hall–Kier alpha value is -1.42. The van der Waals surface area contributed by atoms with Gasteiger partial charge in [-0.3, -0.25) is 9.78 Å². The fourth-order valence-corrected chi connectivity index (χ4v) is 2.59. The van der Waals surface area contributed by atoms with Gasteiger partial charge in [-0.2, -0.15) is 0 Å². The van der Waals surface area contributed by atoms with E-state index in [1.165, 1.54) is 25.9 Å². The molecule has 0 bridgehead atoms. The van der Waals surface area contributed by atoms with Gasteiger partial charge in [-0.25, -0.2) is 0 Å². The highest BCUT2D eigenvalue weighted by Crippen LogP contribution is 2.15. The van der Waals surface area contributed by atoms with Crippen molar-refractivity contribution in [1.29, 1.82) is 0 Å². The third kappa shape index (κ3) is 4.63. The van der Waals surface area contributed by atoms with Crippen molar-refractivity contribution in [2.45, 2.75) is 26.2 Å². The predicted molar refractivity (Wildman–Crippen MR) is 76.0 cm³/mol. The zero-order valence-corrected chi connectivity index (χ0v) is 11.6. The molecule has 0 aromatic carbocycles. The second-order valence-electron chi connectivity index (χ2n) is 5.40. The number of carbonyl (C=O) groups excluding carboxylic acids is 1. The lowest BCUT2D eigenvalue weighted by atomic mass is 10.0. The minimum absolute atomic E-state index is 0.0277. The van der Waals surface area contributed by atoms with Crippen LogP contribution in [0.5, 0.6) is 0 Å². The highest BCUT2D eigenvalue weighted by molar-refractivity contribution is 5.93. The molecule has 1 aromatic heterocycles. The standard InChI is InChI=1S/C15H23N3O/c1-13-5-3-9-18(12-13)10-4-8-17-15(19)14-6-2-7-16-11-14/h2,6-7,11,13H,3-5,8-10,12H2,1H3,(H,17,19). The Morgan fingerprint density at radius 3 is 3.21 bits per heavy atom. The minimum Gasteiger partial charge on any atom is -0.352 e. The highest BCUT2D eigenvalue weighted by Gasteiger charge is 2.15. The van der Waals surface area contributed by atoms with Crippen molar-refractivity contribution in [3.63, 3.8) is 0 Å². The number of likely N-dealkylation sites (tertiary alicyclic amines) is 1. The number of carbonyl (C=O) groups is 1. The van der Waals surface area contributed by atoms with Crippen LogP contribution in [0.4, 0.5) is 0 Å². The van der Waals surface area contributed by atoms with Gasteiger partial charge in [0.2, 0.25) is 0 Å². The Kier molecular flexibility index (Phi) is 5.33. The van der Waals surface area contributed by atoms with Gasteiger partial charge >= 0.3 is 0 Å². The zero-order chi connectivity index (χ0) is 13.5. The van der Waals surface area contributed by atoms with Gasteiger partial charge in [0.25, 0.3) is 5.91 Å². The number of hydrogen-bond acceptors (Lipinski definition) is 3. The van der Waals surface area contributed by atoms with Crippen LogP contribution in [-0.4, -0.2) is 42.0 Å². The van der Waals surface area contributed by atoms with Crippen molar-refractivity contribution in [2.24, 2.45) is 5.92 Å². The Balaban J connectivity index is 1.63. The summed E-state index contributed by atoms with van der Waals surface area (Å²) in [6.45, 7) is 6.55. The first-order chi connectivity index (χ1) is 9.25. The molecule has 0 radical (unpaired) electrons.